The largest absolute Gasteiger partial charge is 0.358 e. The van der Waals surface area contributed by atoms with Crippen LogP contribution in [-0.4, -0.2) is 16.9 Å². The van der Waals surface area contributed by atoms with Gasteiger partial charge in [0.1, 0.15) is 0 Å². The predicted octanol–water partition coefficient (Wildman–Crippen LogP) is 4.03. The summed E-state index contributed by atoms with van der Waals surface area (Å²) in [6.45, 7) is 2.14. The smallest absolute Gasteiger partial charge is 0.223 e. The van der Waals surface area contributed by atoms with E-state index in [0.29, 0.717) is 11.9 Å². The topological polar surface area (TPSA) is 44.9 Å². The zero-order valence-electron chi connectivity index (χ0n) is 14.0. The molecule has 0 saturated heterocycles. The maximum Gasteiger partial charge on any atom is 0.223 e. The number of hydrogen-bond donors (Lipinski definition) is 2. The SMILES string of the molecule is Cc1ccc2[nH]c3c(c2c1)CC(NC(=O)C1CCCCC1)CC3. The van der Waals surface area contributed by atoms with Crippen molar-refractivity contribution >= 4 is 16.8 Å². The van der Waals surface area contributed by atoms with Gasteiger partial charge in [-0.25, -0.2) is 0 Å². The molecular weight excluding hydrogens is 284 g/mol. The summed E-state index contributed by atoms with van der Waals surface area (Å²) in [4.78, 5) is 16.1. The van der Waals surface area contributed by atoms with Gasteiger partial charge in [0.2, 0.25) is 5.91 Å². The van der Waals surface area contributed by atoms with E-state index in [-0.39, 0.29) is 5.92 Å². The first-order valence-corrected chi connectivity index (χ1v) is 9.11. The summed E-state index contributed by atoms with van der Waals surface area (Å²) in [5.41, 5.74) is 5.32. The lowest BCUT2D eigenvalue weighted by Gasteiger charge is -2.27. The lowest BCUT2D eigenvalue weighted by molar-refractivity contribution is -0.126. The Hall–Kier alpha value is -1.77. The number of aromatic amines is 1. The molecule has 1 atom stereocenters. The van der Waals surface area contributed by atoms with Gasteiger partial charge in [0, 0.05) is 28.6 Å². The van der Waals surface area contributed by atoms with Crippen molar-refractivity contribution in [2.24, 2.45) is 5.92 Å². The quantitative estimate of drug-likeness (QED) is 0.864. The summed E-state index contributed by atoms with van der Waals surface area (Å²) in [5, 5.41) is 4.69. The normalized spacial score (nSPS) is 22.0. The number of hydrogen-bond acceptors (Lipinski definition) is 1. The number of carbonyl (C=O) groups excluding carboxylic acids is 1. The van der Waals surface area contributed by atoms with E-state index in [1.165, 1.54) is 47.0 Å². The van der Waals surface area contributed by atoms with Crippen molar-refractivity contribution in [1.82, 2.24) is 10.3 Å². The van der Waals surface area contributed by atoms with Gasteiger partial charge in [0.05, 0.1) is 0 Å². The van der Waals surface area contributed by atoms with Crippen molar-refractivity contribution in [3.8, 4) is 0 Å². The Labute approximate surface area is 137 Å². The molecule has 4 rings (SSSR count). The number of aromatic nitrogens is 1. The van der Waals surface area contributed by atoms with Gasteiger partial charge in [-0.05, 0) is 56.7 Å². The summed E-state index contributed by atoms with van der Waals surface area (Å²) in [7, 11) is 0. The van der Waals surface area contributed by atoms with Crippen molar-refractivity contribution < 1.29 is 4.79 Å². The molecule has 2 aliphatic carbocycles. The molecule has 1 saturated carbocycles. The highest BCUT2D eigenvalue weighted by molar-refractivity contribution is 5.86. The van der Waals surface area contributed by atoms with E-state index in [9.17, 15) is 4.79 Å². The first-order valence-electron chi connectivity index (χ1n) is 9.11. The number of carbonyl (C=O) groups is 1. The molecule has 3 nitrogen and oxygen atoms in total. The number of H-pyrrole nitrogens is 1. The van der Waals surface area contributed by atoms with Gasteiger partial charge in [-0.2, -0.15) is 0 Å². The number of fused-ring (bicyclic) bond motifs is 3. The van der Waals surface area contributed by atoms with Gasteiger partial charge in [-0.3, -0.25) is 4.79 Å². The van der Waals surface area contributed by atoms with E-state index in [1.807, 2.05) is 0 Å². The molecule has 1 amide bonds. The molecule has 2 N–H and O–H groups in total. The van der Waals surface area contributed by atoms with E-state index in [1.54, 1.807) is 0 Å². The summed E-state index contributed by atoms with van der Waals surface area (Å²) in [6.07, 6.45) is 8.95. The molecule has 1 heterocycles. The van der Waals surface area contributed by atoms with Crippen LogP contribution in [0, 0.1) is 12.8 Å². The van der Waals surface area contributed by atoms with Gasteiger partial charge in [-0.1, -0.05) is 30.9 Å². The van der Waals surface area contributed by atoms with Crippen LogP contribution in [-0.2, 0) is 17.6 Å². The van der Waals surface area contributed by atoms with Crippen LogP contribution in [0.5, 0.6) is 0 Å². The Morgan fingerprint density at radius 2 is 2.00 bits per heavy atom. The first-order chi connectivity index (χ1) is 11.2. The van der Waals surface area contributed by atoms with Crippen LogP contribution in [0.1, 0.15) is 55.3 Å². The predicted molar refractivity (Wildman–Crippen MR) is 93.6 cm³/mol. The Morgan fingerprint density at radius 1 is 1.17 bits per heavy atom. The second-order valence-electron chi connectivity index (χ2n) is 7.41. The lowest BCUT2D eigenvalue weighted by Crippen LogP contribution is -2.42. The van der Waals surface area contributed by atoms with Crippen LogP contribution < -0.4 is 5.32 Å². The third-order valence-corrected chi connectivity index (χ3v) is 5.67. The molecule has 23 heavy (non-hydrogen) atoms. The minimum atomic E-state index is 0.260. The highest BCUT2D eigenvalue weighted by Gasteiger charge is 2.27. The number of amides is 1. The molecule has 2 aromatic rings. The second kappa shape index (κ2) is 6.03. The van der Waals surface area contributed by atoms with Crippen LogP contribution in [0.2, 0.25) is 0 Å². The highest BCUT2D eigenvalue weighted by atomic mass is 16.1. The minimum Gasteiger partial charge on any atom is -0.358 e. The zero-order chi connectivity index (χ0) is 15.8. The minimum absolute atomic E-state index is 0.260. The van der Waals surface area contributed by atoms with Crippen LogP contribution >= 0.6 is 0 Å². The van der Waals surface area contributed by atoms with Gasteiger partial charge in [0.25, 0.3) is 0 Å². The Kier molecular flexibility index (Phi) is 3.88. The zero-order valence-corrected chi connectivity index (χ0v) is 14.0. The van der Waals surface area contributed by atoms with Gasteiger partial charge in [0.15, 0.2) is 0 Å². The molecule has 0 radical (unpaired) electrons. The molecule has 1 unspecified atom stereocenters. The van der Waals surface area contributed by atoms with Crippen LogP contribution in [0.25, 0.3) is 10.9 Å². The first kappa shape index (κ1) is 14.8. The van der Waals surface area contributed by atoms with E-state index >= 15 is 0 Å². The van der Waals surface area contributed by atoms with Crippen molar-refractivity contribution in [2.75, 3.05) is 0 Å². The molecular formula is C20H26N2O. The number of aryl methyl sites for hydroxylation is 2. The van der Waals surface area contributed by atoms with Crippen molar-refractivity contribution in [1.29, 1.82) is 0 Å². The molecule has 122 valence electrons. The Morgan fingerprint density at radius 3 is 2.83 bits per heavy atom. The summed E-state index contributed by atoms with van der Waals surface area (Å²) in [6, 6.07) is 6.91. The third-order valence-electron chi connectivity index (χ3n) is 5.67. The number of rotatable bonds is 2. The molecule has 1 aromatic heterocycles. The second-order valence-corrected chi connectivity index (χ2v) is 7.41. The molecule has 0 aliphatic heterocycles. The fraction of sp³-hybridized carbons (Fsp3) is 0.550. The Bertz CT molecular complexity index is 725. The standard InChI is InChI=1S/C20H26N2O/c1-13-7-9-18-16(11-13)17-12-15(8-10-19(17)22-18)21-20(23)14-5-3-2-4-6-14/h7,9,11,14-15,22H,2-6,8,10,12H2,1H3,(H,21,23). The molecule has 2 aliphatic rings. The van der Waals surface area contributed by atoms with Crippen LogP contribution in [0.3, 0.4) is 0 Å². The maximum atomic E-state index is 12.5. The van der Waals surface area contributed by atoms with Gasteiger partial charge < -0.3 is 10.3 Å². The molecule has 3 heteroatoms. The van der Waals surface area contributed by atoms with Crippen LogP contribution in [0.15, 0.2) is 18.2 Å². The van der Waals surface area contributed by atoms with Crippen LogP contribution in [0.4, 0.5) is 0 Å². The summed E-state index contributed by atoms with van der Waals surface area (Å²) < 4.78 is 0. The summed E-state index contributed by atoms with van der Waals surface area (Å²) >= 11 is 0. The number of nitrogens with one attached hydrogen (secondary N) is 2. The van der Waals surface area contributed by atoms with Crippen molar-refractivity contribution in [2.45, 2.75) is 64.3 Å². The Balaban J connectivity index is 1.50. The average molecular weight is 310 g/mol. The molecule has 0 spiro atoms. The van der Waals surface area contributed by atoms with Crippen molar-refractivity contribution in [3.05, 3.63) is 35.0 Å². The molecule has 1 fully saturated rings. The highest BCUT2D eigenvalue weighted by Crippen LogP contribution is 2.30. The average Bonchev–Trinajstić information content (AvgIpc) is 2.93. The molecule has 1 aromatic carbocycles. The fourth-order valence-electron chi connectivity index (χ4n) is 4.34. The third kappa shape index (κ3) is 2.89. The number of benzene rings is 1. The lowest BCUT2D eigenvalue weighted by atomic mass is 9.87. The maximum absolute atomic E-state index is 12.5. The monoisotopic (exact) mass is 310 g/mol. The van der Waals surface area contributed by atoms with E-state index in [4.69, 9.17) is 0 Å². The van der Waals surface area contributed by atoms with Crippen molar-refractivity contribution in [3.63, 3.8) is 0 Å². The van der Waals surface area contributed by atoms with E-state index < -0.39 is 0 Å². The van der Waals surface area contributed by atoms with Gasteiger partial charge >= 0.3 is 0 Å². The molecule has 0 bridgehead atoms. The van der Waals surface area contributed by atoms with Gasteiger partial charge in [-0.15, -0.1) is 0 Å². The fourth-order valence-corrected chi connectivity index (χ4v) is 4.34. The van der Waals surface area contributed by atoms with E-state index in [0.717, 1.165) is 32.1 Å². The summed E-state index contributed by atoms with van der Waals surface area (Å²) in [5.74, 6) is 0.560. The van der Waals surface area contributed by atoms with E-state index in [2.05, 4.69) is 35.4 Å².